The monoisotopic (exact) mass is 313 g/mol. The van der Waals surface area contributed by atoms with Gasteiger partial charge in [-0.2, -0.15) is 0 Å². The molecule has 1 aromatic rings. The molecule has 1 aromatic carbocycles. The molecule has 1 nitrogen and oxygen atoms in total. The third kappa shape index (κ3) is 7.82. The molecule has 0 fully saturated rings. The van der Waals surface area contributed by atoms with E-state index in [1.807, 2.05) is 6.07 Å². The van der Waals surface area contributed by atoms with E-state index in [1.165, 1.54) is 44.2 Å². The number of hydrogen-bond acceptors (Lipinski definition) is 1. The van der Waals surface area contributed by atoms with Crippen LogP contribution in [-0.2, 0) is 6.42 Å². The lowest BCUT2D eigenvalue weighted by Gasteiger charge is -2.19. The van der Waals surface area contributed by atoms with Crippen molar-refractivity contribution >= 4 is 11.6 Å². The Kier molecular flexibility index (Phi) is 9.69. The smallest absolute Gasteiger partial charge is 0.124 e. The van der Waals surface area contributed by atoms with Crippen molar-refractivity contribution in [1.29, 1.82) is 0 Å². The van der Waals surface area contributed by atoms with Crippen molar-refractivity contribution in [2.45, 2.75) is 71.3 Å². The largest absolute Gasteiger partial charge is 0.314 e. The van der Waals surface area contributed by atoms with Crippen LogP contribution < -0.4 is 5.32 Å². The van der Waals surface area contributed by atoms with Crippen LogP contribution in [0, 0.1) is 5.82 Å². The highest BCUT2D eigenvalue weighted by atomic mass is 35.5. The first-order valence-electron chi connectivity index (χ1n) is 8.34. The number of nitrogens with one attached hydrogen (secondary N) is 1. The second-order valence-corrected chi connectivity index (χ2v) is 6.20. The summed E-state index contributed by atoms with van der Waals surface area (Å²) in [7, 11) is 0. The standard InChI is InChI=1S/C18H29ClFN/c1-3-5-6-7-8-9-17(21-12-4-2)13-15-10-11-16(20)14-18(15)19/h10-11,14,17,21H,3-9,12-13H2,1-2H3. The lowest BCUT2D eigenvalue weighted by molar-refractivity contribution is 0.451. The predicted molar refractivity (Wildman–Crippen MR) is 90.6 cm³/mol. The van der Waals surface area contributed by atoms with E-state index in [9.17, 15) is 4.39 Å². The van der Waals surface area contributed by atoms with Gasteiger partial charge in [-0.15, -0.1) is 0 Å². The molecule has 1 rings (SSSR count). The lowest BCUT2D eigenvalue weighted by atomic mass is 9.99. The molecule has 120 valence electrons. The highest BCUT2D eigenvalue weighted by Crippen LogP contribution is 2.20. The number of benzene rings is 1. The Hall–Kier alpha value is -0.600. The van der Waals surface area contributed by atoms with E-state index in [-0.39, 0.29) is 5.82 Å². The maximum absolute atomic E-state index is 13.1. The van der Waals surface area contributed by atoms with Crippen LogP contribution in [0.15, 0.2) is 18.2 Å². The van der Waals surface area contributed by atoms with E-state index in [4.69, 9.17) is 11.6 Å². The van der Waals surface area contributed by atoms with Gasteiger partial charge in [0.25, 0.3) is 0 Å². The number of rotatable bonds is 11. The van der Waals surface area contributed by atoms with Gasteiger partial charge in [0, 0.05) is 11.1 Å². The zero-order chi connectivity index (χ0) is 15.5. The maximum Gasteiger partial charge on any atom is 0.124 e. The summed E-state index contributed by atoms with van der Waals surface area (Å²) in [5.74, 6) is -0.263. The molecule has 1 atom stereocenters. The molecule has 0 heterocycles. The second kappa shape index (κ2) is 11.0. The Labute approximate surface area is 134 Å². The molecular weight excluding hydrogens is 285 g/mol. The fraction of sp³-hybridized carbons (Fsp3) is 0.667. The quantitative estimate of drug-likeness (QED) is 0.513. The summed E-state index contributed by atoms with van der Waals surface area (Å²) in [6.45, 7) is 5.44. The SMILES string of the molecule is CCCCCCCC(Cc1ccc(F)cc1Cl)NCCC. The summed E-state index contributed by atoms with van der Waals surface area (Å²) in [6, 6.07) is 5.17. The van der Waals surface area contributed by atoms with Crippen LogP contribution in [0.1, 0.15) is 64.4 Å². The van der Waals surface area contributed by atoms with Gasteiger partial charge in [-0.1, -0.05) is 63.6 Å². The number of unbranched alkanes of at least 4 members (excludes halogenated alkanes) is 4. The molecule has 3 heteroatoms. The van der Waals surface area contributed by atoms with Crippen LogP contribution in [-0.4, -0.2) is 12.6 Å². The van der Waals surface area contributed by atoms with Gasteiger partial charge < -0.3 is 5.32 Å². The molecule has 0 amide bonds. The predicted octanol–water partition coefficient (Wildman–Crippen LogP) is 5.75. The van der Waals surface area contributed by atoms with Crippen LogP contribution in [0.5, 0.6) is 0 Å². The van der Waals surface area contributed by atoms with Crippen molar-refractivity contribution in [1.82, 2.24) is 5.32 Å². The highest BCUT2D eigenvalue weighted by molar-refractivity contribution is 6.31. The number of halogens is 2. The summed E-state index contributed by atoms with van der Waals surface area (Å²) in [5.41, 5.74) is 1.04. The Morgan fingerprint density at radius 3 is 2.52 bits per heavy atom. The van der Waals surface area contributed by atoms with Crippen molar-refractivity contribution in [3.05, 3.63) is 34.6 Å². The minimum atomic E-state index is -0.263. The Balaban J connectivity index is 2.48. The normalized spacial score (nSPS) is 12.6. The third-order valence-electron chi connectivity index (χ3n) is 3.82. The highest BCUT2D eigenvalue weighted by Gasteiger charge is 2.11. The summed E-state index contributed by atoms with van der Waals surface area (Å²) in [6.07, 6.45) is 9.66. The van der Waals surface area contributed by atoms with Gasteiger partial charge in [-0.25, -0.2) is 4.39 Å². The van der Waals surface area contributed by atoms with Gasteiger partial charge in [-0.05, 0) is 43.5 Å². The lowest BCUT2D eigenvalue weighted by Crippen LogP contribution is -2.31. The minimum Gasteiger partial charge on any atom is -0.314 e. The van der Waals surface area contributed by atoms with E-state index in [2.05, 4.69) is 19.2 Å². The molecule has 0 aromatic heterocycles. The van der Waals surface area contributed by atoms with Crippen molar-refractivity contribution in [2.75, 3.05) is 6.54 Å². The zero-order valence-electron chi connectivity index (χ0n) is 13.4. The van der Waals surface area contributed by atoms with Crippen LogP contribution in [0.25, 0.3) is 0 Å². The van der Waals surface area contributed by atoms with Crippen LogP contribution in [0.4, 0.5) is 4.39 Å². The van der Waals surface area contributed by atoms with Crippen molar-refractivity contribution < 1.29 is 4.39 Å². The second-order valence-electron chi connectivity index (χ2n) is 5.79. The molecule has 21 heavy (non-hydrogen) atoms. The molecule has 0 aliphatic rings. The van der Waals surface area contributed by atoms with Gasteiger partial charge >= 0.3 is 0 Å². The Bertz CT molecular complexity index is 395. The molecule has 0 saturated heterocycles. The minimum absolute atomic E-state index is 0.263. The Morgan fingerprint density at radius 1 is 1.10 bits per heavy atom. The van der Waals surface area contributed by atoms with E-state index in [0.717, 1.165) is 31.4 Å². The molecule has 0 aliphatic carbocycles. The Morgan fingerprint density at radius 2 is 1.86 bits per heavy atom. The molecule has 0 spiro atoms. The van der Waals surface area contributed by atoms with Crippen molar-refractivity contribution in [3.63, 3.8) is 0 Å². The van der Waals surface area contributed by atoms with E-state index < -0.39 is 0 Å². The van der Waals surface area contributed by atoms with E-state index in [1.54, 1.807) is 0 Å². The van der Waals surface area contributed by atoms with Gasteiger partial charge in [0.15, 0.2) is 0 Å². The average molecular weight is 314 g/mol. The van der Waals surface area contributed by atoms with Gasteiger partial charge in [-0.3, -0.25) is 0 Å². The zero-order valence-corrected chi connectivity index (χ0v) is 14.2. The molecule has 0 saturated carbocycles. The molecule has 1 N–H and O–H groups in total. The number of hydrogen-bond donors (Lipinski definition) is 1. The summed E-state index contributed by atoms with van der Waals surface area (Å²) in [4.78, 5) is 0. The van der Waals surface area contributed by atoms with Gasteiger partial charge in [0.2, 0.25) is 0 Å². The maximum atomic E-state index is 13.1. The van der Waals surface area contributed by atoms with Gasteiger partial charge in [0.1, 0.15) is 5.82 Å². The fourth-order valence-corrected chi connectivity index (χ4v) is 2.82. The first-order valence-corrected chi connectivity index (χ1v) is 8.72. The van der Waals surface area contributed by atoms with Crippen molar-refractivity contribution in [3.8, 4) is 0 Å². The third-order valence-corrected chi connectivity index (χ3v) is 4.17. The summed E-state index contributed by atoms with van der Waals surface area (Å²) in [5, 5.41) is 4.14. The first kappa shape index (κ1) is 18.4. The molecule has 0 radical (unpaired) electrons. The fourth-order valence-electron chi connectivity index (χ4n) is 2.57. The van der Waals surface area contributed by atoms with Crippen molar-refractivity contribution in [2.24, 2.45) is 0 Å². The molecule has 1 unspecified atom stereocenters. The first-order chi connectivity index (χ1) is 10.2. The van der Waals surface area contributed by atoms with E-state index >= 15 is 0 Å². The topological polar surface area (TPSA) is 12.0 Å². The van der Waals surface area contributed by atoms with Crippen LogP contribution >= 0.6 is 11.6 Å². The van der Waals surface area contributed by atoms with Gasteiger partial charge in [0.05, 0.1) is 0 Å². The summed E-state index contributed by atoms with van der Waals surface area (Å²) >= 11 is 6.14. The van der Waals surface area contributed by atoms with Crippen LogP contribution in [0.2, 0.25) is 5.02 Å². The molecule has 0 aliphatic heterocycles. The summed E-state index contributed by atoms with van der Waals surface area (Å²) < 4.78 is 13.1. The van der Waals surface area contributed by atoms with Crippen LogP contribution in [0.3, 0.4) is 0 Å². The average Bonchev–Trinajstić information content (AvgIpc) is 2.46. The molecule has 0 bridgehead atoms. The van der Waals surface area contributed by atoms with E-state index in [0.29, 0.717) is 11.1 Å². The molecular formula is C18H29ClFN.